The quantitative estimate of drug-likeness (QED) is 0.0345. The van der Waals surface area contributed by atoms with E-state index >= 15 is 4.39 Å². The molecule has 6 rings (SSSR count). The number of hydrogen-bond acceptors (Lipinski definition) is 9. The Bertz CT molecular complexity index is 2520. The second-order valence-electron chi connectivity index (χ2n) is 20.1. The molecule has 3 aliphatic rings. The SMILES string of the molecule is CN(COCC[Si](C)(C)C)C(=O)c1ccc(C[C@]2(C(=O)O)CCOC2)cc1F.[2H]CF.[C-]#[N+]c1ccc(N2C(=O)[C@]3(CCOC3)N(c3ccc(C(=O)N(C)COCC[Si](C)(C)C)c(F)c3)C2=S)cc1C(F)(F)F. The van der Waals surface area contributed by atoms with Crippen molar-refractivity contribution >= 4 is 74.2 Å². The van der Waals surface area contributed by atoms with E-state index in [1.807, 2.05) is 0 Å². The van der Waals surface area contributed by atoms with Crippen molar-refractivity contribution in [2.75, 3.05) is 84.2 Å². The molecule has 0 saturated carbocycles. The van der Waals surface area contributed by atoms with Gasteiger partial charge >= 0.3 is 12.1 Å². The number of amides is 3. The summed E-state index contributed by atoms with van der Waals surface area (Å²) in [7, 11) is -0.457. The number of ether oxygens (including phenoxy) is 4. The maximum Gasteiger partial charge on any atom is 0.407 e. The molecule has 394 valence electrons. The van der Waals surface area contributed by atoms with Gasteiger partial charge in [-0.25, -0.2) is 13.6 Å². The van der Waals surface area contributed by atoms with E-state index in [1.165, 1.54) is 52.1 Å². The van der Waals surface area contributed by atoms with Gasteiger partial charge in [0.2, 0.25) is 0 Å². The van der Waals surface area contributed by atoms with Crippen LogP contribution in [-0.4, -0.2) is 140 Å². The fourth-order valence-corrected chi connectivity index (χ4v) is 9.86. The number of hydrogen-bond donors (Lipinski definition) is 1. The van der Waals surface area contributed by atoms with E-state index in [2.05, 4.69) is 44.1 Å². The third-order valence-corrected chi connectivity index (χ3v) is 15.9. The van der Waals surface area contributed by atoms with Crippen LogP contribution in [0.1, 0.15) is 46.1 Å². The number of carboxylic acid groups (broad SMARTS) is 1. The molecule has 3 aromatic rings. The summed E-state index contributed by atoms with van der Waals surface area (Å²) >= 11 is 5.59. The lowest BCUT2D eigenvalue weighted by atomic mass is 9.81. The molecule has 3 heterocycles. The van der Waals surface area contributed by atoms with E-state index in [-0.39, 0.29) is 73.7 Å². The molecule has 23 heteroatoms. The molecule has 3 aliphatic heterocycles. The zero-order valence-corrected chi connectivity index (χ0v) is 44.5. The van der Waals surface area contributed by atoms with Gasteiger partial charge in [-0.15, -0.1) is 0 Å². The Balaban J connectivity index is 0.000000323. The summed E-state index contributed by atoms with van der Waals surface area (Å²) in [5.74, 6) is -4.17. The van der Waals surface area contributed by atoms with Gasteiger partial charge in [-0.05, 0) is 85.2 Å². The standard InChI is InChI=1S/C28H30F4N4O4SSi.C20H30FNO5Si.CH3F/c1-33-23-9-7-18(14-21(23)28(30,31)32)35-25(38)27(10-11-39-16-27)36(26(35)41)19-6-8-20(22(29)15-19)24(37)34(2)17-40-12-13-42(3,4)5;1-22(14-27-9-10-28(2,3)4)18(23)16-6-5-15(11-17(16)21)12-20(19(24)25)7-8-26-13-20;1-2/h6-9,14-15H,10-13,16-17H2,2-5H3;5-6,11H,7-10,12-14H2,1-4H3,(H,24,25);1H3/t27-;20-;/m11./s1/i;;1D. The average molecular weight is 1070 g/mol. The molecule has 0 radical (unpaired) electrons. The summed E-state index contributed by atoms with van der Waals surface area (Å²) in [6.07, 6.45) is -4.13. The number of carbonyl (C=O) groups excluding carboxylic acids is 3. The first-order chi connectivity index (χ1) is 34.1. The monoisotopic (exact) mass is 1070 g/mol. The highest BCUT2D eigenvalue weighted by atomic mass is 32.1. The number of nitrogens with zero attached hydrogens (tertiary/aromatic N) is 5. The first kappa shape index (κ1) is 57.7. The van der Waals surface area contributed by atoms with Gasteiger partial charge in [-0.3, -0.25) is 28.5 Å². The molecule has 3 saturated heterocycles. The highest BCUT2D eigenvalue weighted by molar-refractivity contribution is 7.81. The first-order valence-electron chi connectivity index (χ1n) is 23.5. The third-order valence-electron chi connectivity index (χ3n) is 12.1. The molecular formula is C49H63F6N5O9SSi2. The summed E-state index contributed by atoms with van der Waals surface area (Å²) < 4.78 is 108. The number of halogens is 6. The Kier molecular flexibility index (Phi) is 19.8. The lowest BCUT2D eigenvalue weighted by Gasteiger charge is -2.31. The summed E-state index contributed by atoms with van der Waals surface area (Å²) in [5.41, 5.74) is -4.05. The van der Waals surface area contributed by atoms with E-state index in [4.69, 9.17) is 39.1 Å². The molecule has 3 aromatic carbocycles. The van der Waals surface area contributed by atoms with Crippen LogP contribution in [0.25, 0.3) is 4.85 Å². The molecule has 14 nitrogen and oxygen atoms in total. The number of carbonyl (C=O) groups is 4. The van der Waals surface area contributed by atoms with Crippen LogP contribution in [0.2, 0.25) is 51.4 Å². The number of alkyl halides is 4. The molecule has 0 aliphatic carbocycles. The minimum atomic E-state index is -4.84. The van der Waals surface area contributed by atoms with Crippen molar-refractivity contribution in [3.8, 4) is 0 Å². The maximum absolute atomic E-state index is 15.4. The van der Waals surface area contributed by atoms with Gasteiger partial charge in [0, 0.05) is 74.5 Å². The molecule has 1 N–H and O–H groups in total. The Morgan fingerprint density at radius 3 is 1.81 bits per heavy atom. The summed E-state index contributed by atoms with van der Waals surface area (Å²) in [6.45, 7) is 22.1. The van der Waals surface area contributed by atoms with Crippen molar-refractivity contribution in [2.24, 2.45) is 5.41 Å². The molecule has 3 fully saturated rings. The Morgan fingerprint density at radius 2 is 1.36 bits per heavy atom. The van der Waals surface area contributed by atoms with E-state index in [0.29, 0.717) is 37.9 Å². The molecule has 0 unspecified atom stereocenters. The van der Waals surface area contributed by atoms with Gasteiger partial charge in [-0.1, -0.05) is 51.4 Å². The average Bonchev–Trinajstić information content (AvgIpc) is 4.05. The van der Waals surface area contributed by atoms with Crippen molar-refractivity contribution in [1.82, 2.24) is 9.80 Å². The van der Waals surface area contributed by atoms with Gasteiger partial charge < -0.3 is 38.8 Å². The van der Waals surface area contributed by atoms with Gasteiger partial charge in [0.15, 0.2) is 16.3 Å². The van der Waals surface area contributed by atoms with Crippen LogP contribution in [0.5, 0.6) is 0 Å². The highest BCUT2D eigenvalue weighted by Gasteiger charge is 2.59. The fraction of sp³-hybridized carbons (Fsp3) is 0.510. The maximum atomic E-state index is 15.4. The minimum absolute atomic E-state index is 0.0170. The van der Waals surface area contributed by atoms with Crippen molar-refractivity contribution < 1.29 is 70.9 Å². The number of rotatable bonds is 17. The lowest BCUT2D eigenvalue weighted by molar-refractivity contribution is -0.149. The Hall–Kier alpha value is -5.23. The van der Waals surface area contributed by atoms with Crippen LogP contribution in [0, 0.1) is 23.6 Å². The number of anilines is 2. The van der Waals surface area contributed by atoms with Crippen LogP contribution in [-0.2, 0) is 41.1 Å². The van der Waals surface area contributed by atoms with Crippen molar-refractivity contribution in [2.45, 2.75) is 82.3 Å². The van der Waals surface area contributed by atoms with Crippen LogP contribution in [0.4, 0.5) is 43.4 Å². The number of benzene rings is 3. The number of thiocarbonyl (C=S) groups is 1. The molecule has 1 spiro atoms. The van der Waals surface area contributed by atoms with E-state index in [9.17, 15) is 46.2 Å². The van der Waals surface area contributed by atoms with Crippen LogP contribution >= 0.6 is 12.2 Å². The largest absolute Gasteiger partial charge is 0.481 e. The van der Waals surface area contributed by atoms with Crippen molar-refractivity contribution in [3.63, 3.8) is 0 Å². The van der Waals surface area contributed by atoms with E-state index in [0.717, 1.165) is 29.1 Å². The third kappa shape index (κ3) is 14.5. The van der Waals surface area contributed by atoms with Gasteiger partial charge in [-0.2, -0.15) is 13.2 Å². The van der Waals surface area contributed by atoms with Crippen LogP contribution < -0.4 is 9.80 Å². The minimum Gasteiger partial charge on any atom is -0.481 e. The zero-order valence-electron chi connectivity index (χ0n) is 42.7. The lowest BCUT2D eigenvalue weighted by Crippen LogP contribution is -2.50. The van der Waals surface area contributed by atoms with Crippen LogP contribution in [0.3, 0.4) is 0 Å². The molecule has 3 amide bonds. The smallest absolute Gasteiger partial charge is 0.407 e. The second kappa shape index (κ2) is 24.7. The molecule has 0 aromatic heterocycles. The fourth-order valence-electron chi connectivity index (χ4n) is 7.87. The second-order valence-corrected chi connectivity index (χ2v) is 31.8. The summed E-state index contributed by atoms with van der Waals surface area (Å²) in [4.78, 5) is 58.7. The van der Waals surface area contributed by atoms with E-state index < -0.39 is 87.0 Å². The Labute approximate surface area is 425 Å². The predicted octanol–water partition coefficient (Wildman–Crippen LogP) is 9.91. The summed E-state index contributed by atoms with van der Waals surface area (Å²) in [6, 6.07) is 12.8. The molecule has 2 atom stereocenters. The molecule has 72 heavy (non-hydrogen) atoms. The van der Waals surface area contributed by atoms with Gasteiger partial charge in [0.05, 0.1) is 50.4 Å². The predicted molar refractivity (Wildman–Crippen MR) is 270 cm³/mol. The zero-order chi connectivity index (χ0) is 54.7. The van der Waals surface area contributed by atoms with Crippen molar-refractivity contribution in [3.05, 3.63) is 99.9 Å². The molecular weight excluding hydrogens is 1000 g/mol. The summed E-state index contributed by atoms with van der Waals surface area (Å²) in [5, 5.41) is 9.34. The first-order valence-corrected chi connectivity index (χ1v) is 30.6. The van der Waals surface area contributed by atoms with E-state index in [1.54, 1.807) is 13.1 Å². The van der Waals surface area contributed by atoms with Crippen LogP contribution in [0.15, 0.2) is 54.6 Å². The normalized spacial score (nSPS) is 19.0. The number of aliphatic carboxylic acids is 1. The molecule has 0 bridgehead atoms. The number of carboxylic acids is 1. The van der Waals surface area contributed by atoms with Gasteiger partial charge in [0.1, 0.15) is 25.1 Å². The van der Waals surface area contributed by atoms with Crippen molar-refractivity contribution in [1.29, 1.82) is 0 Å². The topological polar surface area (TPSA) is 143 Å². The Morgan fingerprint density at radius 1 is 0.847 bits per heavy atom. The van der Waals surface area contributed by atoms with Gasteiger partial charge in [0.25, 0.3) is 17.7 Å². The highest BCUT2D eigenvalue weighted by Crippen LogP contribution is 2.44.